The molecular weight excluding hydrogens is 352 g/mol. The van der Waals surface area contributed by atoms with Crippen LogP contribution in [0, 0.1) is 0 Å². The summed E-state index contributed by atoms with van der Waals surface area (Å²) in [5, 5.41) is 0. The molecule has 2 atom stereocenters. The summed E-state index contributed by atoms with van der Waals surface area (Å²) in [7, 11) is 0. The Hall–Kier alpha value is -2.99. The van der Waals surface area contributed by atoms with Crippen LogP contribution in [0.2, 0.25) is 0 Å². The number of ether oxygens (including phenoxy) is 1. The van der Waals surface area contributed by atoms with E-state index >= 15 is 0 Å². The zero-order valence-corrected chi connectivity index (χ0v) is 15.6. The minimum Gasteiger partial charge on any atom is -0.374 e. The summed E-state index contributed by atoms with van der Waals surface area (Å²) in [5.41, 5.74) is 2.91. The van der Waals surface area contributed by atoms with Crippen molar-refractivity contribution in [2.24, 2.45) is 0 Å². The van der Waals surface area contributed by atoms with Crippen LogP contribution in [0.5, 0.6) is 0 Å². The average molecular weight is 374 g/mol. The van der Waals surface area contributed by atoms with Crippen molar-refractivity contribution in [2.45, 2.75) is 25.1 Å². The normalized spacial score (nSPS) is 22.4. The lowest BCUT2D eigenvalue weighted by Gasteiger charge is -2.29. The molecule has 0 aliphatic carbocycles. The Kier molecular flexibility index (Phi) is 4.41. The van der Waals surface area contributed by atoms with Crippen molar-refractivity contribution in [3.8, 4) is 0 Å². The van der Waals surface area contributed by atoms with Crippen molar-refractivity contribution in [2.75, 3.05) is 24.6 Å². The molecule has 2 aliphatic rings. The van der Waals surface area contributed by atoms with Crippen molar-refractivity contribution in [1.82, 2.24) is 14.9 Å². The molecule has 28 heavy (non-hydrogen) atoms. The van der Waals surface area contributed by atoms with E-state index in [2.05, 4.69) is 22.0 Å². The average Bonchev–Trinajstić information content (AvgIpc) is 3.10. The number of amides is 1. The van der Waals surface area contributed by atoms with E-state index in [1.54, 1.807) is 0 Å². The quantitative estimate of drug-likeness (QED) is 0.705. The molecule has 2 aliphatic heterocycles. The summed E-state index contributed by atoms with van der Waals surface area (Å²) in [6, 6.07) is 18.0. The third-order valence-electron chi connectivity index (χ3n) is 5.56. The van der Waals surface area contributed by atoms with Gasteiger partial charge in [-0.1, -0.05) is 42.5 Å². The number of benzene rings is 2. The van der Waals surface area contributed by atoms with Gasteiger partial charge in [-0.2, -0.15) is 0 Å². The first-order valence-electron chi connectivity index (χ1n) is 9.70. The Labute approximate surface area is 163 Å². The molecular formula is C22H22N4O2. The molecule has 3 heterocycles. The highest BCUT2D eigenvalue weighted by Crippen LogP contribution is 2.28. The van der Waals surface area contributed by atoms with Crippen LogP contribution >= 0.6 is 0 Å². The molecule has 0 radical (unpaired) electrons. The van der Waals surface area contributed by atoms with E-state index in [1.165, 1.54) is 0 Å². The zero-order chi connectivity index (χ0) is 18.9. The van der Waals surface area contributed by atoms with Crippen molar-refractivity contribution >= 4 is 22.8 Å². The number of carbonyl (C=O) groups is 1. The van der Waals surface area contributed by atoms with Crippen molar-refractivity contribution < 1.29 is 9.53 Å². The van der Waals surface area contributed by atoms with Crippen LogP contribution in [0.1, 0.15) is 12.0 Å². The third-order valence-corrected chi connectivity index (χ3v) is 5.56. The minimum atomic E-state index is -0.0107. The highest BCUT2D eigenvalue weighted by molar-refractivity contribution is 5.78. The van der Waals surface area contributed by atoms with Gasteiger partial charge >= 0.3 is 0 Å². The van der Waals surface area contributed by atoms with Crippen molar-refractivity contribution in [1.29, 1.82) is 0 Å². The van der Waals surface area contributed by atoms with Gasteiger partial charge in [0.2, 0.25) is 5.91 Å². The van der Waals surface area contributed by atoms with Crippen LogP contribution in [-0.4, -0.2) is 52.6 Å². The predicted octanol–water partition coefficient (Wildman–Crippen LogP) is 2.64. The van der Waals surface area contributed by atoms with Gasteiger partial charge < -0.3 is 14.5 Å². The molecule has 2 aromatic carbocycles. The highest BCUT2D eigenvalue weighted by atomic mass is 16.5. The van der Waals surface area contributed by atoms with Gasteiger partial charge in [0.1, 0.15) is 5.82 Å². The summed E-state index contributed by atoms with van der Waals surface area (Å²) in [5.74, 6) is 0.991. The Morgan fingerprint density at radius 3 is 2.64 bits per heavy atom. The van der Waals surface area contributed by atoms with E-state index in [4.69, 9.17) is 9.72 Å². The monoisotopic (exact) mass is 374 g/mol. The Bertz CT molecular complexity index is 994. The van der Waals surface area contributed by atoms with Gasteiger partial charge in [0.15, 0.2) is 0 Å². The summed E-state index contributed by atoms with van der Waals surface area (Å²) in [6.45, 7) is 2.51. The fraction of sp³-hybridized carbons (Fsp3) is 0.318. The van der Waals surface area contributed by atoms with Crippen LogP contribution in [0.4, 0.5) is 5.82 Å². The number of carbonyl (C=O) groups excluding carboxylic acids is 1. The van der Waals surface area contributed by atoms with Crippen molar-refractivity contribution in [3.05, 3.63) is 66.4 Å². The fourth-order valence-electron chi connectivity index (χ4n) is 4.12. The second-order valence-electron chi connectivity index (χ2n) is 7.36. The first kappa shape index (κ1) is 17.1. The molecule has 142 valence electrons. The number of rotatable bonds is 3. The number of fused-ring (bicyclic) bond motifs is 2. The number of nitrogens with zero attached hydrogens (tertiary/aromatic N) is 4. The largest absolute Gasteiger partial charge is 0.374 e. The molecule has 0 spiro atoms. The number of aromatic nitrogens is 2. The fourth-order valence-corrected chi connectivity index (χ4v) is 4.12. The molecule has 1 aromatic heterocycles. The molecule has 6 heteroatoms. The van der Waals surface area contributed by atoms with Crippen LogP contribution < -0.4 is 4.90 Å². The van der Waals surface area contributed by atoms with Crippen LogP contribution in [-0.2, 0) is 16.1 Å². The lowest BCUT2D eigenvalue weighted by Crippen LogP contribution is -2.45. The topological polar surface area (TPSA) is 58.6 Å². The SMILES string of the molecule is O=C1CCO[C@H]2CN(c3cnc4ccccc4n3)C[C@@H]2N1Cc1ccccc1. The molecule has 0 bridgehead atoms. The predicted molar refractivity (Wildman–Crippen MR) is 107 cm³/mol. The first-order chi connectivity index (χ1) is 13.8. The molecule has 6 nitrogen and oxygen atoms in total. The van der Waals surface area contributed by atoms with Gasteiger partial charge in [-0.15, -0.1) is 0 Å². The minimum absolute atomic E-state index is 0.0107. The molecule has 0 N–H and O–H groups in total. The molecule has 1 amide bonds. The van der Waals surface area contributed by atoms with E-state index in [9.17, 15) is 4.79 Å². The van der Waals surface area contributed by atoms with Gasteiger partial charge in [0.05, 0.1) is 42.4 Å². The van der Waals surface area contributed by atoms with Gasteiger partial charge in [-0.25, -0.2) is 4.98 Å². The Balaban J connectivity index is 1.42. The van der Waals surface area contributed by atoms with E-state index in [0.717, 1.165) is 29.0 Å². The summed E-state index contributed by atoms with van der Waals surface area (Å²) >= 11 is 0. The maximum Gasteiger partial charge on any atom is 0.225 e. The van der Waals surface area contributed by atoms with E-state index in [1.807, 2.05) is 53.6 Å². The number of hydrogen-bond acceptors (Lipinski definition) is 5. The maximum absolute atomic E-state index is 12.8. The summed E-state index contributed by atoms with van der Waals surface area (Å²) in [6.07, 6.45) is 2.25. The molecule has 2 saturated heterocycles. The second-order valence-corrected chi connectivity index (χ2v) is 7.36. The Morgan fingerprint density at radius 2 is 1.79 bits per heavy atom. The van der Waals surface area contributed by atoms with Crippen molar-refractivity contribution in [3.63, 3.8) is 0 Å². The lowest BCUT2D eigenvalue weighted by atomic mass is 10.1. The molecule has 3 aromatic rings. The van der Waals surface area contributed by atoms with Crippen LogP contribution in [0.15, 0.2) is 60.8 Å². The standard InChI is InChI=1S/C22H22N4O2/c27-22-10-11-28-20-15-25(21-12-23-17-8-4-5-9-18(17)24-21)14-19(20)26(22)13-16-6-2-1-3-7-16/h1-9,12,19-20H,10-11,13-15H2/t19-,20-/m0/s1. The van der Waals surface area contributed by atoms with E-state index in [-0.39, 0.29) is 18.1 Å². The maximum atomic E-state index is 12.8. The number of anilines is 1. The Morgan fingerprint density at radius 1 is 1.00 bits per heavy atom. The number of hydrogen-bond donors (Lipinski definition) is 0. The van der Waals surface area contributed by atoms with Gasteiger partial charge in [-0.05, 0) is 17.7 Å². The zero-order valence-electron chi connectivity index (χ0n) is 15.6. The number of para-hydroxylation sites is 2. The van der Waals surface area contributed by atoms with Crippen LogP contribution in [0.3, 0.4) is 0 Å². The molecule has 5 rings (SSSR count). The second kappa shape index (κ2) is 7.20. The van der Waals surface area contributed by atoms with Gasteiger partial charge in [0, 0.05) is 19.6 Å². The van der Waals surface area contributed by atoms with E-state index in [0.29, 0.717) is 26.1 Å². The summed E-state index contributed by atoms with van der Waals surface area (Å²) in [4.78, 5) is 26.3. The molecule has 0 saturated carbocycles. The highest BCUT2D eigenvalue weighted by Gasteiger charge is 2.41. The van der Waals surface area contributed by atoms with Gasteiger partial charge in [-0.3, -0.25) is 9.78 Å². The smallest absolute Gasteiger partial charge is 0.225 e. The summed E-state index contributed by atoms with van der Waals surface area (Å²) < 4.78 is 6.05. The lowest BCUT2D eigenvalue weighted by molar-refractivity contribution is -0.133. The first-order valence-corrected chi connectivity index (χ1v) is 9.70. The molecule has 0 unspecified atom stereocenters. The van der Waals surface area contributed by atoms with E-state index < -0.39 is 0 Å². The molecule has 2 fully saturated rings. The third kappa shape index (κ3) is 3.20. The van der Waals surface area contributed by atoms with Gasteiger partial charge in [0.25, 0.3) is 0 Å². The van der Waals surface area contributed by atoms with Crippen LogP contribution in [0.25, 0.3) is 11.0 Å².